The van der Waals surface area contributed by atoms with Crippen molar-refractivity contribution in [2.75, 3.05) is 19.8 Å². The molecule has 1 saturated carbocycles. The molecule has 0 unspecified atom stereocenters. The lowest BCUT2D eigenvalue weighted by atomic mass is 9.51. The molecule has 82 valence electrons. The smallest absolute Gasteiger partial charge is 0.0648 e. The van der Waals surface area contributed by atoms with Gasteiger partial charge in [0.1, 0.15) is 0 Å². The van der Waals surface area contributed by atoms with Gasteiger partial charge >= 0.3 is 0 Å². The van der Waals surface area contributed by atoms with Crippen LogP contribution in [0.5, 0.6) is 0 Å². The summed E-state index contributed by atoms with van der Waals surface area (Å²) in [4.78, 5) is 3.30. The molecule has 2 heterocycles. The molecule has 3 rings (SSSR count). The largest absolute Gasteiger partial charge is 0.396 e. The zero-order valence-electron chi connectivity index (χ0n) is 8.83. The standard InChI is InChI=1S/C12H17NO2/c14-7-11(4-2-5-11)12(8-15-9-12)10-3-1-6-13-10/h1,3,6,13-14H,2,4-5,7-9H2. The molecule has 15 heavy (non-hydrogen) atoms. The Morgan fingerprint density at radius 3 is 2.53 bits per heavy atom. The number of nitrogens with one attached hydrogen (secondary N) is 1. The number of hydrogen-bond donors (Lipinski definition) is 2. The normalized spacial score (nSPS) is 26.7. The summed E-state index contributed by atoms with van der Waals surface area (Å²) in [5.41, 5.74) is 1.38. The molecule has 0 aromatic carbocycles. The molecule has 2 N–H and O–H groups in total. The van der Waals surface area contributed by atoms with Gasteiger partial charge in [0, 0.05) is 23.9 Å². The molecule has 0 radical (unpaired) electrons. The molecular weight excluding hydrogens is 190 g/mol. The average Bonchev–Trinajstić information content (AvgIpc) is 2.60. The fourth-order valence-corrected chi connectivity index (χ4v) is 3.07. The second kappa shape index (κ2) is 3.09. The van der Waals surface area contributed by atoms with E-state index in [4.69, 9.17) is 4.74 Å². The van der Waals surface area contributed by atoms with Crippen LogP contribution in [-0.4, -0.2) is 29.9 Å². The Bertz CT molecular complexity index is 331. The second-order valence-electron chi connectivity index (χ2n) is 4.95. The van der Waals surface area contributed by atoms with Crippen molar-refractivity contribution in [2.45, 2.75) is 24.7 Å². The van der Waals surface area contributed by atoms with Crippen molar-refractivity contribution in [1.82, 2.24) is 4.98 Å². The summed E-state index contributed by atoms with van der Waals surface area (Å²) < 4.78 is 5.41. The number of rotatable bonds is 3. The van der Waals surface area contributed by atoms with Gasteiger partial charge in [-0.05, 0) is 25.0 Å². The van der Waals surface area contributed by atoms with Gasteiger partial charge in [-0.2, -0.15) is 0 Å². The van der Waals surface area contributed by atoms with Crippen LogP contribution >= 0.6 is 0 Å². The summed E-state index contributed by atoms with van der Waals surface area (Å²) in [7, 11) is 0. The third kappa shape index (κ3) is 1.02. The minimum absolute atomic E-state index is 0.0590. The first-order valence-corrected chi connectivity index (χ1v) is 5.66. The third-order valence-corrected chi connectivity index (χ3v) is 4.44. The van der Waals surface area contributed by atoms with Gasteiger partial charge in [-0.15, -0.1) is 0 Å². The Balaban J connectivity index is 1.99. The fraction of sp³-hybridized carbons (Fsp3) is 0.667. The van der Waals surface area contributed by atoms with Gasteiger partial charge in [0.15, 0.2) is 0 Å². The summed E-state index contributed by atoms with van der Waals surface area (Å²) >= 11 is 0. The number of aromatic amines is 1. The summed E-state index contributed by atoms with van der Waals surface area (Å²) in [5.74, 6) is 0. The number of aliphatic hydroxyl groups is 1. The van der Waals surface area contributed by atoms with Crippen LogP contribution in [0.3, 0.4) is 0 Å². The van der Waals surface area contributed by atoms with Crippen molar-refractivity contribution >= 4 is 0 Å². The van der Waals surface area contributed by atoms with Gasteiger partial charge in [0.05, 0.1) is 18.6 Å². The molecule has 0 amide bonds. The predicted octanol–water partition coefficient (Wildman–Crippen LogP) is 1.45. The lowest BCUT2D eigenvalue weighted by Crippen LogP contribution is -2.63. The second-order valence-corrected chi connectivity index (χ2v) is 4.95. The van der Waals surface area contributed by atoms with Crippen LogP contribution in [0.25, 0.3) is 0 Å². The van der Waals surface area contributed by atoms with Crippen molar-refractivity contribution in [3.63, 3.8) is 0 Å². The molecule has 2 fully saturated rings. The highest BCUT2D eigenvalue weighted by atomic mass is 16.5. The van der Waals surface area contributed by atoms with E-state index in [1.54, 1.807) is 0 Å². The maximum Gasteiger partial charge on any atom is 0.0648 e. The fourth-order valence-electron chi connectivity index (χ4n) is 3.07. The maximum atomic E-state index is 9.67. The molecule has 1 aliphatic carbocycles. The van der Waals surface area contributed by atoms with E-state index in [1.807, 2.05) is 12.3 Å². The number of aliphatic hydroxyl groups excluding tert-OH is 1. The number of H-pyrrole nitrogens is 1. The molecular formula is C12H17NO2. The van der Waals surface area contributed by atoms with E-state index < -0.39 is 0 Å². The minimum Gasteiger partial charge on any atom is -0.396 e. The summed E-state index contributed by atoms with van der Waals surface area (Å²) in [6.07, 6.45) is 5.46. The molecule has 3 heteroatoms. The summed E-state index contributed by atoms with van der Waals surface area (Å²) in [5, 5.41) is 9.67. The van der Waals surface area contributed by atoms with E-state index in [9.17, 15) is 5.11 Å². The number of hydrogen-bond acceptors (Lipinski definition) is 2. The van der Waals surface area contributed by atoms with Crippen molar-refractivity contribution in [1.29, 1.82) is 0 Å². The Morgan fingerprint density at radius 2 is 2.20 bits per heavy atom. The van der Waals surface area contributed by atoms with E-state index in [1.165, 1.54) is 12.1 Å². The van der Waals surface area contributed by atoms with E-state index in [2.05, 4.69) is 11.1 Å². The average molecular weight is 207 g/mol. The van der Waals surface area contributed by atoms with Gasteiger partial charge in [-0.3, -0.25) is 0 Å². The van der Waals surface area contributed by atoms with E-state index in [0.717, 1.165) is 26.1 Å². The zero-order valence-corrected chi connectivity index (χ0v) is 8.83. The van der Waals surface area contributed by atoms with Crippen molar-refractivity contribution in [3.8, 4) is 0 Å². The van der Waals surface area contributed by atoms with Gasteiger partial charge in [-0.25, -0.2) is 0 Å². The van der Waals surface area contributed by atoms with E-state index >= 15 is 0 Å². The van der Waals surface area contributed by atoms with Crippen LogP contribution in [0.4, 0.5) is 0 Å². The highest BCUT2D eigenvalue weighted by molar-refractivity contribution is 5.28. The van der Waals surface area contributed by atoms with Crippen LogP contribution < -0.4 is 0 Å². The molecule has 1 aliphatic heterocycles. The minimum atomic E-state index is 0.0590. The lowest BCUT2D eigenvalue weighted by Gasteiger charge is -2.59. The van der Waals surface area contributed by atoms with Crippen molar-refractivity contribution < 1.29 is 9.84 Å². The highest BCUT2D eigenvalue weighted by Crippen LogP contribution is 2.57. The van der Waals surface area contributed by atoms with Gasteiger partial charge in [0.2, 0.25) is 0 Å². The molecule has 3 nitrogen and oxygen atoms in total. The molecule has 1 aromatic rings. The van der Waals surface area contributed by atoms with E-state index in [0.29, 0.717) is 0 Å². The number of aromatic nitrogens is 1. The van der Waals surface area contributed by atoms with Crippen LogP contribution in [0.15, 0.2) is 18.3 Å². The van der Waals surface area contributed by atoms with E-state index in [-0.39, 0.29) is 17.4 Å². The molecule has 0 bridgehead atoms. The Kier molecular flexibility index (Phi) is 1.94. The third-order valence-electron chi connectivity index (χ3n) is 4.44. The zero-order chi connectivity index (χ0) is 10.4. The SMILES string of the molecule is OCC1(C2(c3ccc[nH]3)COC2)CCC1. The molecule has 0 atom stereocenters. The number of ether oxygens (including phenoxy) is 1. The topological polar surface area (TPSA) is 45.2 Å². The first-order valence-electron chi connectivity index (χ1n) is 5.66. The quantitative estimate of drug-likeness (QED) is 0.788. The molecule has 0 spiro atoms. The first-order chi connectivity index (χ1) is 7.33. The van der Waals surface area contributed by atoms with Crippen molar-refractivity contribution in [3.05, 3.63) is 24.0 Å². The Hall–Kier alpha value is -0.800. The monoisotopic (exact) mass is 207 g/mol. The van der Waals surface area contributed by atoms with Crippen LogP contribution in [0.1, 0.15) is 25.0 Å². The lowest BCUT2D eigenvalue weighted by molar-refractivity contribution is -0.174. The van der Waals surface area contributed by atoms with Gasteiger partial charge in [-0.1, -0.05) is 6.42 Å². The Morgan fingerprint density at radius 1 is 1.40 bits per heavy atom. The van der Waals surface area contributed by atoms with Crippen LogP contribution in [-0.2, 0) is 10.2 Å². The van der Waals surface area contributed by atoms with Gasteiger partial charge < -0.3 is 14.8 Å². The molecule has 2 aliphatic rings. The van der Waals surface area contributed by atoms with Crippen LogP contribution in [0.2, 0.25) is 0 Å². The summed E-state index contributed by atoms with van der Waals surface area (Å²) in [6, 6.07) is 4.15. The summed E-state index contributed by atoms with van der Waals surface area (Å²) in [6.45, 7) is 1.80. The molecule has 1 aromatic heterocycles. The Labute approximate surface area is 89.5 Å². The maximum absolute atomic E-state index is 9.67. The van der Waals surface area contributed by atoms with Crippen molar-refractivity contribution in [2.24, 2.45) is 5.41 Å². The highest BCUT2D eigenvalue weighted by Gasteiger charge is 2.59. The first kappa shape index (κ1) is 9.43. The van der Waals surface area contributed by atoms with Crippen LogP contribution in [0, 0.1) is 5.41 Å². The van der Waals surface area contributed by atoms with Gasteiger partial charge in [0.25, 0.3) is 0 Å². The molecule has 1 saturated heterocycles. The predicted molar refractivity (Wildman–Crippen MR) is 56.7 cm³/mol.